The summed E-state index contributed by atoms with van der Waals surface area (Å²) < 4.78 is 0. The van der Waals surface area contributed by atoms with Crippen LogP contribution in [0.2, 0.25) is 0 Å². The van der Waals surface area contributed by atoms with Crippen molar-refractivity contribution in [1.29, 1.82) is 0 Å². The van der Waals surface area contributed by atoms with E-state index in [4.69, 9.17) is 0 Å². The molecule has 2 aliphatic rings. The average molecular weight is 168 g/mol. The van der Waals surface area contributed by atoms with E-state index in [1.54, 1.807) is 0 Å². The Morgan fingerprint density at radius 2 is 2.00 bits per heavy atom. The quantitative estimate of drug-likeness (QED) is 0.534. The highest BCUT2D eigenvalue weighted by molar-refractivity contribution is 5.16. The highest BCUT2D eigenvalue weighted by atomic mass is 16.3. The van der Waals surface area contributed by atoms with Gasteiger partial charge in [0.25, 0.3) is 0 Å². The van der Waals surface area contributed by atoms with Crippen LogP contribution in [0, 0.1) is 5.92 Å². The van der Waals surface area contributed by atoms with Crippen LogP contribution >= 0.6 is 0 Å². The van der Waals surface area contributed by atoms with Crippen LogP contribution in [0.5, 0.6) is 0 Å². The largest absolute Gasteiger partial charge is 0.393 e. The van der Waals surface area contributed by atoms with Gasteiger partial charge in [-0.1, -0.05) is 11.6 Å². The standard InChI is InChI=1S/C10H16O2/c11-8-4-5-9-7(6-8)2-1-3-10(9)12/h6,8-12H,1-5H2/t8-,9-,10+/m0/s1. The highest BCUT2D eigenvalue weighted by Gasteiger charge is 2.30. The van der Waals surface area contributed by atoms with E-state index in [0.717, 1.165) is 32.1 Å². The maximum atomic E-state index is 9.67. The minimum absolute atomic E-state index is 0.141. The SMILES string of the molecule is O[C@@H]1C=C2CCC[C@@H](O)[C@H]2CC1. The van der Waals surface area contributed by atoms with Crippen LogP contribution in [0.3, 0.4) is 0 Å². The zero-order valence-corrected chi connectivity index (χ0v) is 7.24. The molecule has 2 N–H and O–H groups in total. The summed E-state index contributed by atoms with van der Waals surface area (Å²) in [5, 5.41) is 19.0. The molecule has 1 saturated carbocycles. The van der Waals surface area contributed by atoms with Gasteiger partial charge in [0.1, 0.15) is 0 Å². The van der Waals surface area contributed by atoms with Gasteiger partial charge in [-0.15, -0.1) is 0 Å². The van der Waals surface area contributed by atoms with Crippen molar-refractivity contribution in [3.63, 3.8) is 0 Å². The van der Waals surface area contributed by atoms with E-state index in [0.29, 0.717) is 5.92 Å². The van der Waals surface area contributed by atoms with E-state index >= 15 is 0 Å². The van der Waals surface area contributed by atoms with Gasteiger partial charge in [0.2, 0.25) is 0 Å². The predicted molar refractivity (Wildman–Crippen MR) is 46.7 cm³/mol. The second-order valence-corrected chi connectivity index (χ2v) is 3.95. The first-order valence-corrected chi connectivity index (χ1v) is 4.84. The lowest BCUT2D eigenvalue weighted by Crippen LogP contribution is -2.31. The zero-order chi connectivity index (χ0) is 8.55. The van der Waals surface area contributed by atoms with Gasteiger partial charge in [0, 0.05) is 5.92 Å². The molecular weight excluding hydrogens is 152 g/mol. The Kier molecular flexibility index (Phi) is 2.20. The maximum absolute atomic E-state index is 9.67. The summed E-state index contributed by atoms with van der Waals surface area (Å²) in [6.45, 7) is 0. The van der Waals surface area contributed by atoms with E-state index < -0.39 is 0 Å². The summed E-state index contributed by atoms with van der Waals surface area (Å²) in [6.07, 6.45) is 6.46. The molecule has 0 bridgehead atoms. The molecule has 0 aliphatic heterocycles. The van der Waals surface area contributed by atoms with Crippen LogP contribution in [0.1, 0.15) is 32.1 Å². The molecule has 0 radical (unpaired) electrons. The zero-order valence-electron chi connectivity index (χ0n) is 7.24. The van der Waals surface area contributed by atoms with Crippen molar-refractivity contribution in [2.24, 2.45) is 5.92 Å². The summed E-state index contributed by atoms with van der Waals surface area (Å²) in [4.78, 5) is 0. The lowest BCUT2D eigenvalue weighted by atomic mass is 9.75. The van der Waals surface area contributed by atoms with Crippen LogP contribution in [-0.4, -0.2) is 22.4 Å². The molecule has 0 heterocycles. The van der Waals surface area contributed by atoms with E-state index in [9.17, 15) is 10.2 Å². The summed E-state index contributed by atoms with van der Waals surface area (Å²) in [5.74, 6) is 0.363. The first-order valence-electron chi connectivity index (χ1n) is 4.84. The monoisotopic (exact) mass is 168 g/mol. The molecule has 3 atom stereocenters. The summed E-state index contributed by atoms with van der Waals surface area (Å²) in [5.41, 5.74) is 1.30. The number of fused-ring (bicyclic) bond motifs is 1. The molecule has 68 valence electrons. The Balaban J connectivity index is 2.15. The maximum Gasteiger partial charge on any atom is 0.0723 e. The molecule has 0 aromatic rings. The Morgan fingerprint density at radius 1 is 1.17 bits per heavy atom. The second-order valence-electron chi connectivity index (χ2n) is 3.95. The van der Waals surface area contributed by atoms with Gasteiger partial charge in [0.05, 0.1) is 12.2 Å². The summed E-state index contributed by atoms with van der Waals surface area (Å²) >= 11 is 0. The van der Waals surface area contributed by atoms with Crippen LogP contribution in [-0.2, 0) is 0 Å². The smallest absolute Gasteiger partial charge is 0.0723 e. The Bertz CT molecular complexity index is 198. The molecule has 2 heteroatoms. The van der Waals surface area contributed by atoms with Gasteiger partial charge in [-0.2, -0.15) is 0 Å². The lowest BCUT2D eigenvalue weighted by Gasteiger charge is -2.34. The summed E-state index contributed by atoms with van der Waals surface area (Å²) in [7, 11) is 0. The molecule has 2 rings (SSSR count). The molecular formula is C10H16O2. The van der Waals surface area contributed by atoms with Gasteiger partial charge in [-0.3, -0.25) is 0 Å². The van der Waals surface area contributed by atoms with Crippen molar-refractivity contribution < 1.29 is 10.2 Å². The Morgan fingerprint density at radius 3 is 2.83 bits per heavy atom. The van der Waals surface area contributed by atoms with Crippen molar-refractivity contribution in [1.82, 2.24) is 0 Å². The molecule has 0 aromatic carbocycles. The average Bonchev–Trinajstić information content (AvgIpc) is 2.04. The minimum atomic E-state index is -0.249. The van der Waals surface area contributed by atoms with E-state index in [1.165, 1.54) is 5.57 Å². The van der Waals surface area contributed by atoms with E-state index in [1.807, 2.05) is 6.08 Å². The fourth-order valence-corrected chi connectivity index (χ4v) is 2.41. The summed E-state index contributed by atoms with van der Waals surface area (Å²) in [6, 6.07) is 0. The molecule has 1 fully saturated rings. The third-order valence-electron chi connectivity index (χ3n) is 3.09. The molecule has 0 amide bonds. The van der Waals surface area contributed by atoms with Crippen LogP contribution in [0.4, 0.5) is 0 Å². The molecule has 0 aromatic heterocycles. The molecule has 0 spiro atoms. The van der Waals surface area contributed by atoms with E-state index in [-0.39, 0.29) is 12.2 Å². The van der Waals surface area contributed by atoms with Gasteiger partial charge >= 0.3 is 0 Å². The first kappa shape index (κ1) is 8.27. The number of aliphatic hydroxyl groups excluding tert-OH is 2. The van der Waals surface area contributed by atoms with Crippen molar-refractivity contribution >= 4 is 0 Å². The van der Waals surface area contributed by atoms with Gasteiger partial charge in [0.15, 0.2) is 0 Å². The predicted octanol–water partition coefficient (Wildman–Crippen LogP) is 1.23. The molecule has 12 heavy (non-hydrogen) atoms. The fourth-order valence-electron chi connectivity index (χ4n) is 2.41. The number of rotatable bonds is 0. The third kappa shape index (κ3) is 1.41. The number of hydrogen-bond donors (Lipinski definition) is 2. The lowest BCUT2D eigenvalue weighted by molar-refractivity contribution is 0.0753. The van der Waals surface area contributed by atoms with Crippen molar-refractivity contribution in [3.8, 4) is 0 Å². The van der Waals surface area contributed by atoms with Crippen LogP contribution in [0.15, 0.2) is 11.6 Å². The van der Waals surface area contributed by atoms with Gasteiger partial charge in [-0.05, 0) is 32.1 Å². The molecule has 0 saturated heterocycles. The number of hydrogen-bond acceptors (Lipinski definition) is 2. The topological polar surface area (TPSA) is 40.5 Å². The van der Waals surface area contributed by atoms with E-state index in [2.05, 4.69) is 0 Å². The van der Waals surface area contributed by atoms with Crippen molar-refractivity contribution in [2.75, 3.05) is 0 Å². The van der Waals surface area contributed by atoms with Crippen molar-refractivity contribution in [3.05, 3.63) is 11.6 Å². The Hall–Kier alpha value is -0.340. The minimum Gasteiger partial charge on any atom is -0.393 e. The molecule has 0 unspecified atom stereocenters. The van der Waals surface area contributed by atoms with Crippen molar-refractivity contribution in [2.45, 2.75) is 44.3 Å². The first-order chi connectivity index (χ1) is 5.77. The van der Waals surface area contributed by atoms with Gasteiger partial charge < -0.3 is 10.2 Å². The third-order valence-corrected chi connectivity index (χ3v) is 3.09. The highest BCUT2D eigenvalue weighted by Crippen LogP contribution is 2.36. The van der Waals surface area contributed by atoms with Crippen LogP contribution < -0.4 is 0 Å². The normalized spacial score (nSPS) is 41.8. The Labute approximate surface area is 72.9 Å². The van der Waals surface area contributed by atoms with Gasteiger partial charge in [-0.25, -0.2) is 0 Å². The number of aliphatic hydroxyl groups is 2. The molecule has 2 aliphatic carbocycles. The fraction of sp³-hybridized carbons (Fsp3) is 0.800. The second kappa shape index (κ2) is 3.19. The van der Waals surface area contributed by atoms with Crippen LogP contribution in [0.25, 0.3) is 0 Å². The molecule has 2 nitrogen and oxygen atoms in total.